The molecule has 3 unspecified atom stereocenters. The van der Waals surface area contributed by atoms with Crippen LogP contribution in [0.1, 0.15) is 118 Å². The van der Waals surface area contributed by atoms with Crippen molar-refractivity contribution in [2.75, 3.05) is 6.61 Å². The molecule has 7 rings (SSSR count). The highest BCUT2D eigenvalue weighted by atomic mass is 16.5. The minimum Gasteiger partial charge on any atom is -0.493 e. The van der Waals surface area contributed by atoms with Gasteiger partial charge in [0, 0.05) is 29.5 Å². The van der Waals surface area contributed by atoms with E-state index >= 15 is 0 Å². The second-order valence-electron chi connectivity index (χ2n) is 12.8. The number of fused-ring (bicyclic) bond motifs is 7. The minimum absolute atomic E-state index is 0.00286. The molecule has 0 radical (unpaired) electrons. The molecular formula is C33H42N4O4. The van der Waals surface area contributed by atoms with Gasteiger partial charge in [-0.25, -0.2) is 4.99 Å². The van der Waals surface area contributed by atoms with Crippen molar-refractivity contribution in [3.8, 4) is 11.5 Å². The predicted molar refractivity (Wildman–Crippen MR) is 158 cm³/mol. The molecule has 5 aliphatic heterocycles. The molecule has 8 nitrogen and oxygen atoms in total. The molecule has 218 valence electrons. The number of nitrogens with zero attached hydrogens (tertiary/aromatic N) is 2. The zero-order valence-corrected chi connectivity index (χ0v) is 24.5. The fourth-order valence-corrected chi connectivity index (χ4v) is 7.04. The lowest BCUT2D eigenvalue weighted by Crippen LogP contribution is -2.53. The average molecular weight is 559 g/mol. The molecular weight excluding hydrogens is 516 g/mol. The Bertz CT molecular complexity index is 1390. The summed E-state index contributed by atoms with van der Waals surface area (Å²) < 4.78 is 12.3. The van der Waals surface area contributed by atoms with Crippen LogP contribution in [0.2, 0.25) is 0 Å². The van der Waals surface area contributed by atoms with Crippen LogP contribution in [0.3, 0.4) is 0 Å². The van der Waals surface area contributed by atoms with Gasteiger partial charge in [0.25, 0.3) is 5.91 Å². The van der Waals surface area contributed by atoms with Crippen molar-refractivity contribution < 1.29 is 19.1 Å². The maximum absolute atomic E-state index is 13.7. The maximum atomic E-state index is 13.7. The molecule has 0 saturated heterocycles. The number of amides is 2. The number of benzene rings is 2. The molecule has 8 heteroatoms. The van der Waals surface area contributed by atoms with Gasteiger partial charge in [0.2, 0.25) is 5.91 Å². The van der Waals surface area contributed by atoms with Crippen molar-refractivity contribution in [3.63, 3.8) is 0 Å². The number of aliphatic imine (C=N–C) groups is 1. The lowest BCUT2D eigenvalue weighted by molar-refractivity contribution is -0.132. The van der Waals surface area contributed by atoms with E-state index in [0.29, 0.717) is 37.2 Å². The Labute approximate surface area is 242 Å². The molecule has 2 aromatic carbocycles. The first-order valence-electron chi connectivity index (χ1n) is 15.2. The van der Waals surface area contributed by atoms with E-state index in [2.05, 4.69) is 44.3 Å². The third kappa shape index (κ3) is 5.41. The molecule has 0 fully saturated rings. The number of aryl methyl sites for hydroxylation is 1. The number of guanidine groups is 1. The van der Waals surface area contributed by atoms with Crippen molar-refractivity contribution in [1.82, 2.24) is 10.2 Å². The first-order chi connectivity index (χ1) is 19.7. The van der Waals surface area contributed by atoms with Gasteiger partial charge in [-0.1, -0.05) is 38.3 Å². The Kier molecular flexibility index (Phi) is 7.20. The number of rotatable bonds is 1. The Morgan fingerprint density at radius 1 is 1.05 bits per heavy atom. The zero-order chi connectivity index (χ0) is 28.8. The van der Waals surface area contributed by atoms with E-state index in [1.165, 1.54) is 5.56 Å². The van der Waals surface area contributed by atoms with Crippen LogP contribution in [0, 0.1) is 0 Å². The number of hydrogen-bond acceptors (Lipinski definition) is 6. The van der Waals surface area contributed by atoms with Crippen LogP contribution in [0.5, 0.6) is 11.5 Å². The minimum atomic E-state index is -0.449. The third-order valence-electron chi connectivity index (χ3n) is 9.29. The Morgan fingerprint density at radius 2 is 1.85 bits per heavy atom. The fraction of sp³-hybridized carbons (Fsp3) is 0.545. The van der Waals surface area contributed by atoms with E-state index < -0.39 is 11.1 Å². The van der Waals surface area contributed by atoms with Gasteiger partial charge in [-0.05, 0) is 69.4 Å². The largest absolute Gasteiger partial charge is 0.493 e. The van der Waals surface area contributed by atoms with Crippen LogP contribution in [0.4, 0.5) is 0 Å². The molecule has 3 atom stereocenters. The summed E-state index contributed by atoms with van der Waals surface area (Å²) >= 11 is 0. The van der Waals surface area contributed by atoms with E-state index in [4.69, 9.17) is 20.2 Å². The van der Waals surface area contributed by atoms with Crippen LogP contribution in [-0.2, 0) is 11.2 Å². The Balaban J connectivity index is 1.39. The predicted octanol–water partition coefficient (Wildman–Crippen LogP) is 5.74. The van der Waals surface area contributed by atoms with E-state index in [1.807, 2.05) is 12.1 Å². The Morgan fingerprint density at radius 3 is 2.66 bits per heavy atom. The second-order valence-corrected chi connectivity index (χ2v) is 12.8. The van der Waals surface area contributed by atoms with Crippen molar-refractivity contribution in [1.29, 1.82) is 0 Å². The highest BCUT2D eigenvalue weighted by molar-refractivity contribution is 6.00. The number of carbonyl (C=O) groups excluding carboxylic acids is 2. The van der Waals surface area contributed by atoms with E-state index in [9.17, 15) is 9.59 Å². The van der Waals surface area contributed by atoms with Gasteiger partial charge in [-0.2, -0.15) is 0 Å². The van der Waals surface area contributed by atoms with Gasteiger partial charge in [-0.15, -0.1) is 0 Å². The van der Waals surface area contributed by atoms with Crippen LogP contribution in [0.25, 0.3) is 0 Å². The summed E-state index contributed by atoms with van der Waals surface area (Å²) in [7, 11) is 0. The summed E-state index contributed by atoms with van der Waals surface area (Å²) in [5.74, 6) is 1.62. The molecule has 3 N–H and O–H groups in total. The number of hydrogen-bond donors (Lipinski definition) is 2. The lowest BCUT2D eigenvalue weighted by atomic mass is 9.84. The first kappa shape index (κ1) is 27.6. The van der Waals surface area contributed by atoms with Gasteiger partial charge in [0.1, 0.15) is 17.1 Å². The van der Waals surface area contributed by atoms with Gasteiger partial charge >= 0.3 is 0 Å². The van der Waals surface area contributed by atoms with Crippen molar-refractivity contribution >= 4 is 17.8 Å². The normalized spacial score (nSPS) is 27.7. The molecule has 0 aliphatic carbocycles. The average Bonchev–Trinajstić information content (AvgIpc) is 2.93. The van der Waals surface area contributed by atoms with Crippen LogP contribution in [0.15, 0.2) is 41.4 Å². The number of nitrogens with one attached hydrogen (secondary N) is 1. The van der Waals surface area contributed by atoms with Crippen molar-refractivity contribution in [3.05, 3.63) is 58.7 Å². The SMILES string of the molecule is CCC12CCCCCCc3ccc4c(c3)C(CC(C)(C)O4)NC(=O)c3ccc4c(c3)C(CCO4)N(C(=O)C1)C(N)=N2. The molecule has 6 bridgehead atoms. The van der Waals surface area contributed by atoms with Gasteiger partial charge in [0.15, 0.2) is 5.96 Å². The van der Waals surface area contributed by atoms with Gasteiger partial charge in [0.05, 0.1) is 30.7 Å². The van der Waals surface area contributed by atoms with Gasteiger partial charge in [-0.3, -0.25) is 14.5 Å². The number of ether oxygens (including phenoxy) is 2. The highest BCUT2D eigenvalue weighted by Gasteiger charge is 2.42. The molecule has 2 amide bonds. The second kappa shape index (κ2) is 10.7. The lowest BCUT2D eigenvalue weighted by Gasteiger charge is -2.42. The smallest absolute Gasteiger partial charge is 0.251 e. The summed E-state index contributed by atoms with van der Waals surface area (Å²) in [6.45, 7) is 6.68. The first-order valence-corrected chi connectivity index (χ1v) is 15.2. The summed E-state index contributed by atoms with van der Waals surface area (Å²) in [4.78, 5) is 34.1. The van der Waals surface area contributed by atoms with E-state index in [1.54, 1.807) is 11.0 Å². The summed E-state index contributed by atoms with van der Waals surface area (Å²) in [5, 5.41) is 3.30. The van der Waals surface area contributed by atoms with E-state index in [0.717, 1.165) is 61.8 Å². The van der Waals surface area contributed by atoms with Crippen LogP contribution >= 0.6 is 0 Å². The van der Waals surface area contributed by atoms with E-state index in [-0.39, 0.29) is 29.9 Å². The molecule has 0 aromatic heterocycles. The molecule has 41 heavy (non-hydrogen) atoms. The summed E-state index contributed by atoms with van der Waals surface area (Å²) in [6, 6.07) is 11.4. The molecule has 5 aliphatic rings. The topological polar surface area (TPSA) is 106 Å². The summed E-state index contributed by atoms with van der Waals surface area (Å²) in [6.07, 6.45) is 8.51. The van der Waals surface area contributed by atoms with Crippen molar-refractivity contribution in [2.45, 2.75) is 108 Å². The summed E-state index contributed by atoms with van der Waals surface area (Å²) in [5.41, 5.74) is 9.33. The van der Waals surface area contributed by atoms with Crippen LogP contribution < -0.4 is 20.5 Å². The quantitative estimate of drug-likeness (QED) is 0.464. The molecule has 5 heterocycles. The number of nitrogens with two attached hydrogens (primary N) is 1. The zero-order valence-electron chi connectivity index (χ0n) is 24.5. The van der Waals surface area contributed by atoms with Gasteiger partial charge < -0.3 is 20.5 Å². The maximum Gasteiger partial charge on any atom is 0.251 e. The number of carbonyl (C=O) groups is 2. The van der Waals surface area contributed by atoms with Crippen molar-refractivity contribution in [2.24, 2.45) is 10.7 Å². The fourth-order valence-electron chi connectivity index (χ4n) is 7.04. The monoisotopic (exact) mass is 558 g/mol. The van der Waals surface area contributed by atoms with Crippen LogP contribution in [-0.4, -0.2) is 40.4 Å². The molecule has 0 spiro atoms. The molecule has 0 saturated carbocycles. The third-order valence-corrected chi connectivity index (χ3v) is 9.29. The molecule has 2 aromatic rings. The Hall–Kier alpha value is -3.55. The highest BCUT2D eigenvalue weighted by Crippen LogP contribution is 2.42. The standard InChI is InChI=1S/C33H42N4O4/c1-4-33-15-8-6-5-7-9-21-10-12-28-23(17-21)25(19-32(2,3)41-28)35-30(39)22-11-13-27-24(18-22)26(14-16-40-27)37(29(38)20-33)31(34)36-33/h10-13,17-18,25-26H,4-9,14-16,19-20H2,1-3H3,(H2,34,36)(H,35,39).